The van der Waals surface area contributed by atoms with Gasteiger partial charge in [0.1, 0.15) is 73.2 Å². The van der Waals surface area contributed by atoms with Crippen LogP contribution in [0.3, 0.4) is 0 Å². The van der Waals surface area contributed by atoms with Crippen molar-refractivity contribution in [3.63, 3.8) is 0 Å². The van der Waals surface area contributed by atoms with Crippen molar-refractivity contribution in [3.05, 3.63) is 0 Å². The molecule has 3 saturated heterocycles. The third-order valence-electron chi connectivity index (χ3n) is 7.11. The van der Waals surface area contributed by atoms with Crippen LogP contribution in [0, 0.1) is 0 Å². The molecule has 0 saturated carbocycles. The van der Waals surface area contributed by atoms with Crippen LogP contribution >= 0.6 is 0 Å². The van der Waals surface area contributed by atoms with Crippen LogP contribution in [0.25, 0.3) is 0 Å². The first-order chi connectivity index (χ1) is 19.5. The van der Waals surface area contributed by atoms with Gasteiger partial charge in [-0.05, 0) is 13.0 Å². The molecule has 0 bridgehead atoms. The van der Waals surface area contributed by atoms with Gasteiger partial charge in [0.05, 0.1) is 26.4 Å². The van der Waals surface area contributed by atoms with Gasteiger partial charge in [-0.3, -0.25) is 4.79 Å². The van der Waals surface area contributed by atoms with Crippen molar-refractivity contribution in [2.75, 3.05) is 33.0 Å². The summed E-state index contributed by atoms with van der Waals surface area (Å²) in [5, 5.41) is 94.9. The standard InChI is InChI=1S/C23H42N2O16/c1-8(29)25-12-15(32)19(11(7-28)39-21(12)36-4-2-3-24)40-23-18(35)20(14(31)10(6-27)38-23)41-22-17(34)16(33)13(30)9(5-26)37-22/h9-23,26-28,30-35H,2-7,24H2,1H3,(H,25,29)/t9?,10?,11?,12?,13-,14-,15+,16-,17?,18?,19+,20-,21+,22+,23-/m0/s1. The molecule has 0 aromatic rings. The zero-order chi connectivity index (χ0) is 30.4. The van der Waals surface area contributed by atoms with E-state index < -0.39 is 118 Å². The molecule has 12 N–H and O–H groups in total. The summed E-state index contributed by atoms with van der Waals surface area (Å²) in [6.07, 6.45) is -22.1. The second kappa shape index (κ2) is 15.5. The topological polar surface area (TPSA) is 293 Å². The number of carbonyl (C=O) groups is 1. The molecule has 0 spiro atoms. The number of aliphatic hydroxyl groups is 9. The summed E-state index contributed by atoms with van der Waals surface area (Å²) in [7, 11) is 0. The minimum absolute atomic E-state index is 0.116. The lowest BCUT2D eigenvalue weighted by Crippen LogP contribution is -2.68. The third kappa shape index (κ3) is 7.87. The lowest BCUT2D eigenvalue weighted by molar-refractivity contribution is -0.376. The van der Waals surface area contributed by atoms with Crippen molar-refractivity contribution < 1.29 is 79.2 Å². The second-order valence-electron chi connectivity index (χ2n) is 10.1. The quantitative estimate of drug-likeness (QED) is 0.0925. The molecule has 18 nitrogen and oxygen atoms in total. The Morgan fingerprint density at radius 3 is 1.80 bits per heavy atom. The molecule has 15 atom stereocenters. The highest BCUT2D eigenvalue weighted by atomic mass is 16.8. The van der Waals surface area contributed by atoms with Gasteiger partial charge in [0, 0.05) is 6.92 Å². The summed E-state index contributed by atoms with van der Waals surface area (Å²) >= 11 is 0. The van der Waals surface area contributed by atoms with E-state index >= 15 is 0 Å². The van der Waals surface area contributed by atoms with E-state index in [0.717, 1.165) is 0 Å². The van der Waals surface area contributed by atoms with Gasteiger partial charge in [-0.25, -0.2) is 0 Å². The van der Waals surface area contributed by atoms with E-state index in [2.05, 4.69) is 5.32 Å². The molecular weight excluding hydrogens is 560 g/mol. The molecule has 6 unspecified atom stereocenters. The van der Waals surface area contributed by atoms with Crippen molar-refractivity contribution >= 4 is 5.91 Å². The maximum atomic E-state index is 11.8. The monoisotopic (exact) mass is 602 g/mol. The molecule has 3 fully saturated rings. The predicted octanol–water partition coefficient (Wildman–Crippen LogP) is -7.06. The van der Waals surface area contributed by atoms with E-state index in [1.165, 1.54) is 6.92 Å². The molecular formula is C23H42N2O16. The van der Waals surface area contributed by atoms with Crippen molar-refractivity contribution in [2.45, 2.75) is 105 Å². The highest BCUT2D eigenvalue weighted by Crippen LogP contribution is 2.32. The summed E-state index contributed by atoms with van der Waals surface area (Å²) in [4.78, 5) is 11.8. The van der Waals surface area contributed by atoms with Crippen LogP contribution in [0.15, 0.2) is 0 Å². The summed E-state index contributed by atoms with van der Waals surface area (Å²) in [5.74, 6) is -0.545. The van der Waals surface area contributed by atoms with Crippen LogP contribution in [0.2, 0.25) is 0 Å². The fourth-order valence-electron chi connectivity index (χ4n) is 4.86. The van der Waals surface area contributed by atoms with Gasteiger partial charge in [-0.1, -0.05) is 0 Å². The smallest absolute Gasteiger partial charge is 0.217 e. The molecule has 18 heteroatoms. The average molecular weight is 603 g/mol. The molecule has 3 aliphatic heterocycles. The molecule has 41 heavy (non-hydrogen) atoms. The molecule has 3 aliphatic rings. The Morgan fingerprint density at radius 1 is 0.707 bits per heavy atom. The molecule has 0 aliphatic carbocycles. The van der Waals surface area contributed by atoms with Crippen LogP contribution in [-0.2, 0) is 33.2 Å². The van der Waals surface area contributed by atoms with Crippen molar-refractivity contribution in [1.29, 1.82) is 0 Å². The number of rotatable bonds is 12. The summed E-state index contributed by atoms with van der Waals surface area (Å²) in [6, 6.07) is -1.20. The molecule has 0 aromatic carbocycles. The second-order valence-corrected chi connectivity index (χ2v) is 10.1. The van der Waals surface area contributed by atoms with Crippen LogP contribution in [0.5, 0.6) is 0 Å². The first-order valence-corrected chi connectivity index (χ1v) is 13.3. The average Bonchev–Trinajstić information content (AvgIpc) is 2.95. The highest BCUT2D eigenvalue weighted by molar-refractivity contribution is 5.73. The minimum Gasteiger partial charge on any atom is -0.394 e. The fourth-order valence-corrected chi connectivity index (χ4v) is 4.86. The minimum atomic E-state index is -1.90. The zero-order valence-electron chi connectivity index (χ0n) is 22.4. The van der Waals surface area contributed by atoms with E-state index in [9.17, 15) is 50.8 Å². The molecule has 1 amide bonds. The van der Waals surface area contributed by atoms with Crippen LogP contribution in [-0.4, -0.2) is 177 Å². The lowest BCUT2D eigenvalue weighted by Gasteiger charge is -2.48. The summed E-state index contributed by atoms with van der Waals surface area (Å²) < 4.78 is 33.4. The van der Waals surface area contributed by atoms with E-state index in [4.69, 9.17) is 34.2 Å². The van der Waals surface area contributed by atoms with Gasteiger partial charge in [0.2, 0.25) is 5.91 Å². The summed E-state index contributed by atoms with van der Waals surface area (Å²) in [5.41, 5.74) is 5.48. The Bertz CT molecular complexity index is 812. The first-order valence-electron chi connectivity index (χ1n) is 13.3. The largest absolute Gasteiger partial charge is 0.394 e. The van der Waals surface area contributed by atoms with Gasteiger partial charge in [-0.2, -0.15) is 0 Å². The van der Waals surface area contributed by atoms with Gasteiger partial charge in [0.25, 0.3) is 0 Å². The van der Waals surface area contributed by atoms with E-state index in [1.807, 2.05) is 0 Å². The Balaban J connectivity index is 1.80. The lowest BCUT2D eigenvalue weighted by atomic mass is 9.95. The molecule has 0 aromatic heterocycles. The molecule has 0 radical (unpaired) electrons. The number of hydrogen-bond acceptors (Lipinski definition) is 17. The van der Waals surface area contributed by atoms with Gasteiger partial charge >= 0.3 is 0 Å². The zero-order valence-corrected chi connectivity index (χ0v) is 22.4. The number of ether oxygens (including phenoxy) is 6. The van der Waals surface area contributed by atoms with Crippen LogP contribution in [0.4, 0.5) is 0 Å². The van der Waals surface area contributed by atoms with Crippen molar-refractivity contribution in [1.82, 2.24) is 5.32 Å². The maximum Gasteiger partial charge on any atom is 0.217 e. The Kier molecular flexibility index (Phi) is 13.0. The molecule has 3 rings (SSSR count). The van der Waals surface area contributed by atoms with E-state index in [0.29, 0.717) is 13.0 Å². The molecule has 240 valence electrons. The third-order valence-corrected chi connectivity index (χ3v) is 7.11. The number of carbonyl (C=O) groups excluding carboxylic acids is 1. The SMILES string of the molecule is CC(=O)NC1[C@H](OCCCN)OC(CO)[C@@H](O[C@@H]2OC(CO)[C@H](O)[C@H](O[C@H]3OC(CO)[C@H](O)[C@H](O)C3O)C2O)[C@@H]1O. The first kappa shape index (κ1) is 34.3. The van der Waals surface area contributed by atoms with Gasteiger partial charge in [0.15, 0.2) is 18.9 Å². The fraction of sp³-hybridized carbons (Fsp3) is 0.957. The van der Waals surface area contributed by atoms with Crippen molar-refractivity contribution in [2.24, 2.45) is 5.73 Å². The highest BCUT2D eigenvalue weighted by Gasteiger charge is 2.54. The Morgan fingerprint density at radius 2 is 1.24 bits per heavy atom. The summed E-state index contributed by atoms with van der Waals surface area (Å²) in [6.45, 7) is -0.656. The van der Waals surface area contributed by atoms with Crippen molar-refractivity contribution in [3.8, 4) is 0 Å². The van der Waals surface area contributed by atoms with Gasteiger partial charge in [-0.15, -0.1) is 0 Å². The number of amides is 1. The van der Waals surface area contributed by atoms with Crippen LogP contribution in [0.1, 0.15) is 13.3 Å². The van der Waals surface area contributed by atoms with E-state index in [-0.39, 0.29) is 6.61 Å². The van der Waals surface area contributed by atoms with Gasteiger partial charge < -0.3 is 85.4 Å². The van der Waals surface area contributed by atoms with Crippen LogP contribution < -0.4 is 11.1 Å². The normalized spacial score (nSPS) is 45.4. The Labute approximate surface area is 235 Å². The van der Waals surface area contributed by atoms with E-state index in [1.54, 1.807) is 0 Å². The number of nitrogens with two attached hydrogens (primary N) is 1. The number of nitrogens with one attached hydrogen (secondary N) is 1. The molecule has 3 heterocycles. The number of aliphatic hydroxyl groups excluding tert-OH is 9. The maximum absolute atomic E-state index is 11.8. The Hall–Kier alpha value is -1.17. The number of hydrogen-bond donors (Lipinski definition) is 11. The predicted molar refractivity (Wildman–Crippen MR) is 130 cm³/mol.